The van der Waals surface area contributed by atoms with E-state index in [1.807, 2.05) is 0 Å². The Morgan fingerprint density at radius 3 is 3.14 bits per heavy atom. The van der Waals surface area contributed by atoms with Crippen molar-refractivity contribution in [3.63, 3.8) is 0 Å². The lowest BCUT2D eigenvalue weighted by molar-refractivity contribution is 1.43. The number of fused-ring (bicyclic) bond motifs is 3. The molecule has 0 bridgehead atoms. The van der Waals surface area contributed by atoms with Crippen molar-refractivity contribution in [3.8, 4) is 0 Å². The van der Waals surface area contributed by atoms with Gasteiger partial charge in [0.1, 0.15) is 0 Å². The van der Waals surface area contributed by atoms with Crippen molar-refractivity contribution in [3.05, 3.63) is 47.6 Å². The van der Waals surface area contributed by atoms with Gasteiger partial charge in [0.25, 0.3) is 0 Å². The molecule has 1 aromatic carbocycles. The van der Waals surface area contributed by atoms with E-state index < -0.39 is 0 Å². The van der Waals surface area contributed by atoms with Crippen LogP contribution in [0.1, 0.15) is 17.5 Å². The van der Waals surface area contributed by atoms with Gasteiger partial charge in [-0.1, -0.05) is 29.9 Å². The highest BCUT2D eigenvalue weighted by molar-refractivity contribution is 6.30. The maximum absolute atomic E-state index is 4.61. The fourth-order valence-corrected chi connectivity index (χ4v) is 2.01. The molecule has 3 rings (SSSR count). The molecule has 0 spiro atoms. The molecule has 1 aliphatic carbocycles. The minimum Gasteiger partial charge on any atom is -0.252 e. The van der Waals surface area contributed by atoms with E-state index in [-0.39, 0.29) is 0 Å². The van der Waals surface area contributed by atoms with Crippen LogP contribution in [-0.2, 0) is 0 Å². The molecule has 0 aromatic heterocycles. The average molecular weight is 181 g/mol. The lowest BCUT2D eigenvalue weighted by Gasteiger charge is -2.05. The van der Waals surface area contributed by atoms with Gasteiger partial charge in [-0.2, -0.15) is 0 Å². The van der Waals surface area contributed by atoms with Gasteiger partial charge in [-0.15, -0.1) is 0 Å². The normalized spacial score (nSPS) is 17.2. The van der Waals surface area contributed by atoms with Gasteiger partial charge in [-0.3, -0.25) is 4.99 Å². The molecular formula is C13H11N. The van der Waals surface area contributed by atoms with Gasteiger partial charge in [-0.25, -0.2) is 0 Å². The quantitative estimate of drug-likeness (QED) is 0.581. The van der Waals surface area contributed by atoms with E-state index in [0.29, 0.717) is 0 Å². The van der Waals surface area contributed by atoms with Crippen molar-refractivity contribution in [2.45, 2.75) is 13.3 Å². The van der Waals surface area contributed by atoms with Gasteiger partial charge in [0.15, 0.2) is 0 Å². The van der Waals surface area contributed by atoms with Gasteiger partial charge in [0.05, 0.1) is 11.4 Å². The molecule has 1 heteroatoms. The predicted molar refractivity (Wildman–Crippen MR) is 60.0 cm³/mol. The number of nitrogens with zero attached hydrogens (tertiary/aromatic N) is 1. The first-order chi connectivity index (χ1) is 6.84. The van der Waals surface area contributed by atoms with E-state index in [0.717, 1.165) is 12.1 Å². The lowest BCUT2D eigenvalue weighted by atomic mass is 9.96. The number of benzene rings is 1. The number of hydrogen-bond acceptors (Lipinski definition) is 1. The SMILES string of the molecule is Cc1ccc2c(c1)C1=CC=CCC1=N2. The summed E-state index contributed by atoms with van der Waals surface area (Å²) in [4.78, 5) is 4.61. The molecule has 0 radical (unpaired) electrons. The van der Waals surface area contributed by atoms with Crippen LogP contribution in [0.25, 0.3) is 5.57 Å². The second kappa shape index (κ2) is 2.68. The first-order valence-corrected chi connectivity index (χ1v) is 4.90. The summed E-state index contributed by atoms with van der Waals surface area (Å²) in [6, 6.07) is 6.45. The Morgan fingerprint density at radius 1 is 1.29 bits per heavy atom. The molecule has 2 aliphatic rings. The van der Waals surface area contributed by atoms with Crippen molar-refractivity contribution < 1.29 is 0 Å². The summed E-state index contributed by atoms with van der Waals surface area (Å²) >= 11 is 0. The number of rotatable bonds is 0. The minimum absolute atomic E-state index is 0.972. The molecule has 0 saturated carbocycles. The van der Waals surface area contributed by atoms with E-state index in [1.165, 1.54) is 22.4 Å². The molecule has 1 nitrogen and oxygen atoms in total. The average Bonchev–Trinajstić information content (AvgIpc) is 2.56. The number of allylic oxidation sites excluding steroid dienone is 4. The molecule has 0 saturated heterocycles. The zero-order valence-corrected chi connectivity index (χ0v) is 8.12. The summed E-state index contributed by atoms with van der Waals surface area (Å²) in [5, 5.41) is 0. The van der Waals surface area contributed by atoms with Crippen LogP contribution < -0.4 is 0 Å². The smallest absolute Gasteiger partial charge is 0.0712 e. The Kier molecular flexibility index (Phi) is 1.48. The summed E-state index contributed by atoms with van der Waals surface area (Å²) in [5.74, 6) is 0. The predicted octanol–water partition coefficient (Wildman–Crippen LogP) is 3.42. The monoisotopic (exact) mass is 181 g/mol. The third-order valence-electron chi connectivity index (χ3n) is 2.72. The maximum Gasteiger partial charge on any atom is 0.0712 e. The first kappa shape index (κ1) is 7.74. The summed E-state index contributed by atoms with van der Waals surface area (Å²) < 4.78 is 0. The Morgan fingerprint density at radius 2 is 2.21 bits per heavy atom. The highest BCUT2D eigenvalue weighted by Crippen LogP contribution is 2.37. The zero-order chi connectivity index (χ0) is 9.54. The summed E-state index contributed by atoms with van der Waals surface area (Å²) in [7, 11) is 0. The fourth-order valence-electron chi connectivity index (χ4n) is 2.01. The highest BCUT2D eigenvalue weighted by atomic mass is 14.8. The minimum atomic E-state index is 0.972. The van der Waals surface area contributed by atoms with Gasteiger partial charge in [0.2, 0.25) is 0 Å². The molecule has 0 fully saturated rings. The summed E-state index contributed by atoms with van der Waals surface area (Å²) in [6.07, 6.45) is 7.40. The Balaban J connectivity index is 2.24. The van der Waals surface area contributed by atoms with Gasteiger partial charge >= 0.3 is 0 Å². The second-order valence-corrected chi connectivity index (χ2v) is 3.79. The Bertz CT molecular complexity index is 490. The molecule has 1 heterocycles. The van der Waals surface area contributed by atoms with E-state index in [1.54, 1.807) is 0 Å². The van der Waals surface area contributed by atoms with Crippen molar-refractivity contribution in [2.24, 2.45) is 4.99 Å². The Labute approximate surface area is 83.5 Å². The van der Waals surface area contributed by atoms with Crippen LogP contribution in [0.4, 0.5) is 5.69 Å². The largest absolute Gasteiger partial charge is 0.252 e. The Hall–Kier alpha value is -1.63. The number of aryl methyl sites for hydroxylation is 1. The van der Waals surface area contributed by atoms with Crippen LogP contribution in [0, 0.1) is 6.92 Å². The fraction of sp³-hybridized carbons (Fsp3) is 0.154. The molecular weight excluding hydrogens is 170 g/mol. The van der Waals surface area contributed by atoms with Gasteiger partial charge < -0.3 is 0 Å². The van der Waals surface area contributed by atoms with Gasteiger partial charge in [0, 0.05) is 17.6 Å². The molecule has 0 amide bonds. The van der Waals surface area contributed by atoms with Crippen LogP contribution in [0.3, 0.4) is 0 Å². The molecule has 14 heavy (non-hydrogen) atoms. The van der Waals surface area contributed by atoms with Crippen LogP contribution in [0.5, 0.6) is 0 Å². The van der Waals surface area contributed by atoms with Crippen molar-refractivity contribution >= 4 is 17.0 Å². The standard InChI is InChI=1S/C13H11N/c1-9-6-7-13-11(8-9)10-4-2-3-5-12(10)14-13/h2-4,6-8H,5H2,1H3. The third-order valence-corrected chi connectivity index (χ3v) is 2.72. The second-order valence-electron chi connectivity index (χ2n) is 3.79. The van der Waals surface area contributed by atoms with Crippen molar-refractivity contribution in [1.29, 1.82) is 0 Å². The third kappa shape index (κ3) is 0.987. The number of aliphatic imine (C=N–C) groups is 1. The molecule has 0 N–H and O–H groups in total. The van der Waals surface area contributed by atoms with Crippen LogP contribution >= 0.6 is 0 Å². The summed E-state index contributed by atoms with van der Waals surface area (Å²) in [6.45, 7) is 2.12. The van der Waals surface area contributed by atoms with E-state index >= 15 is 0 Å². The van der Waals surface area contributed by atoms with E-state index in [4.69, 9.17) is 0 Å². The van der Waals surface area contributed by atoms with Crippen molar-refractivity contribution in [1.82, 2.24) is 0 Å². The molecule has 0 unspecified atom stereocenters. The van der Waals surface area contributed by atoms with E-state index in [2.05, 4.69) is 48.3 Å². The highest BCUT2D eigenvalue weighted by Gasteiger charge is 2.20. The lowest BCUT2D eigenvalue weighted by Crippen LogP contribution is -1.97. The zero-order valence-electron chi connectivity index (χ0n) is 8.12. The molecule has 1 aliphatic heterocycles. The molecule has 68 valence electrons. The topological polar surface area (TPSA) is 12.4 Å². The van der Waals surface area contributed by atoms with Crippen LogP contribution in [0.2, 0.25) is 0 Å². The molecule has 0 atom stereocenters. The maximum atomic E-state index is 4.61. The van der Waals surface area contributed by atoms with E-state index in [9.17, 15) is 0 Å². The van der Waals surface area contributed by atoms with Gasteiger partial charge in [-0.05, 0) is 19.1 Å². The van der Waals surface area contributed by atoms with Crippen LogP contribution in [-0.4, -0.2) is 5.71 Å². The van der Waals surface area contributed by atoms with Crippen molar-refractivity contribution in [2.75, 3.05) is 0 Å². The first-order valence-electron chi connectivity index (χ1n) is 4.90. The summed E-state index contributed by atoms with van der Waals surface area (Å²) in [5.41, 5.74) is 6.25. The van der Waals surface area contributed by atoms with Crippen LogP contribution in [0.15, 0.2) is 41.4 Å². The number of hydrogen-bond donors (Lipinski definition) is 0. The molecule has 1 aromatic rings.